The van der Waals surface area contributed by atoms with Gasteiger partial charge in [-0.3, -0.25) is 4.79 Å². The minimum absolute atomic E-state index is 0.0512. The molecule has 0 aliphatic rings. The van der Waals surface area contributed by atoms with E-state index >= 15 is 0 Å². The van der Waals surface area contributed by atoms with Crippen molar-refractivity contribution in [2.45, 2.75) is 26.3 Å². The third-order valence-corrected chi connectivity index (χ3v) is 2.84. The van der Waals surface area contributed by atoms with Crippen LogP contribution in [0.15, 0.2) is 24.3 Å². The first-order valence-electron chi connectivity index (χ1n) is 6.85. The van der Waals surface area contributed by atoms with Gasteiger partial charge in [0.2, 0.25) is 5.91 Å². The van der Waals surface area contributed by atoms with Crippen LogP contribution in [0, 0.1) is 5.82 Å². The monoisotopic (exact) mass is 282 g/mol. The maximum atomic E-state index is 13.3. The average Bonchev–Trinajstić information content (AvgIpc) is 2.40. The number of rotatable bonds is 8. The lowest BCUT2D eigenvalue weighted by Crippen LogP contribution is -2.34. The summed E-state index contributed by atoms with van der Waals surface area (Å²) in [4.78, 5) is 13.4. The zero-order valence-corrected chi connectivity index (χ0v) is 12.4. The van der Waals surface area contributed by atoms with Gasteiger partial charge in [-0.15, -0.1) is 0 Å². The maximum Gasteiger partial charge on any atom is 0.223 e. The zero-order valence-electron chi connectivity index (χ0n) is 12.4. The van der Waals surface area contributed by atoms with Gasteiger partial charge in [0.1, 0.15) is 6.61 Å². The second-order valence-corrected chi connectivity index (χ2v) is 4.95. The number of hydrogen-bond acceptors (Lipinski definition) is 3. The van der Waals surface area contributed by atoms with E-state index in [-0.39, 0.29) is 24.1 Å². The van der Waals surface area contributed by atoms with Gasteiger partial charge in [0.05, 0.1) is 6.54 Å². The molecule has 0 aliphatic heterocycles. The predicted molar refractivity (Wildman–Crippen MR) is 77.3 cm³/mol. The lowest BCUT2D eigenvalue weighted by molar-refractivity contribution is -0.130. The van der Waals surface area contributed by atoms with Gasteiger partial charge >= 0.3 is 0 Å². The van der Waals surface area contributed by atoms with E-state index in [1.807, 2.05) is 13.8 Å². The van der Waals surface area contributed by atoms with Gasteiger partial charge in [-0.1, -0.05) is 26.0 Å². The molecule has 0 heterocycles. The number of carbonyl (C=O) groups is 1. The average molecular weight is 282 g/mol. The smallest absolute Gasteiger partial charge is 0.223 e. The van der Waals surface area contributed by atoms with Crippen molar-refractivity contribution in [1.29, 1.82) is 0 Å². The number of likely N-dealkylation sites (N-methyl/N-ethyl adjacent to an activating group) is 1. The van der Waals surface area contributed by atoms with Gasteiger partial charge < -0.3 is 15.0 Å². The Hall–Kier alpha value is -1.62. The summed E-state index contributed by atoms with van der Waals surface area (Å²) in [6.45, 7) is 5.46. The highest BCUT2D eigenvalue weighted by molar-refractivity contribution is 5.76. The highest BCUT2D eigenvalue weighted by Gasteiger charge is 2.09. The first kappa shape index (κ1) is 16.4. The van der Waals surface area contributed by atoms with Crippen molar-refractivity contribution in [2.24, 2.45) is 0 Å². The largest absolute Gasteiger partial charge is 0.489 e. The molecular formula is C15H23FN2O2. The summed E-state index contributed by atoms with van der Waals surface area (Å²) in [6, 6.07) is 6.62. The Morgan fingerprint density at radius 2 is 2.10 bits per heavy atom. The van der Waals surface area contributed by atoms with Crippen molar-refractivity contribution in [2.75, 3.05) is 26.7 Å². The fraction of sp³-hybridized carbons (Fsp3) is 0.533. The molecule has 1 aromatic carbocycles. The quantitative estimate of drug-likeness (QED) is 0.793. The molecule has 0 fully saturated rings. The van der Waals surface area contributed by atoms with E-state index in [2.05, 4.69) is 5.32 Å². The number of carbonyl (C=O) groups excluding carboxylic acids is 1. The van der Waals surface area contributed by atoms with Crippen LogP contribution < -0.4 is 10.1 Å². The van der Waals surface area contributed by atoms with E-state index in [1.54, 1.807) is 30.1 Å². The fourth-order valence-electron chi connectivity index (χ4n) is 1.64. The second-order valence-electron chi connectivity index (χ2n) is 4.95. The summed E-state index contributed by atoms with van der Waals surface area (Å²) < 4.78 is 18.6. The van der Waals surface area contributed by atoms with Gasteiger partial charge in [-0.2, -0.15) is 0 Å². The summed E-state index contributed by atoms with van der Waals surface area (Å²) >= 11 is 0. The number of amides is 1. The maximum absolute atomic E-state index is 13.3. The van der Waals surface area contributed by atoms with Gasteiger partial charge in [0.15, 0.2) is 11.6 Å². The number of halogens is 1. The molecule has 0 saturated carbocycles. The number of nitrogens with zero attached hydrogens (tertiary/aromatic N) is 1. The second kappa shape index (κ2) is 8.53. The minimum Gasteiger partial charge on any atom is -0.489 e. The molecule has 20 heavy (non-hydrogen) atoms. The van der Waals surface area contributed by atoms with Crippen LogP contribution in [0.4, 0.5) is 4.39 Å². The van der Waals surface area contributed by atoms with Gasteiger partial charge in [-0.25, -0.2) is 4.39 Å². The van der Waals surface area contributed by atoms with Gasteiger partial charge in [0, 0.05) is 26.1 Å². The molecule has 0 atom stereocenters. The van der Waals surface area contributed by atoms with Crippen LogP contribution in [0.2, 0.25) is 0 Å². The van der Waals surface area contributed by atoms with Crippen LogP contribution in [0.1, 0.15) is 20.3 Å². The van der Waals surface area contributed by atoms with E-state index in [0.29, 0.717) is 25.6 Å². The first-order valence-corrected chi connectivity index (χ1v) is 6.85. The lowest BCUT2D eigenvalue weighted by atomic mass is 10.3. The molecule has 1 amide bonds. The first-order chi connectivity index (χ1) is 9.50. The summed E-state index contributed by atoms with van der Waals surface area (Å²) in [5.41, 5.74) is 0. The van der Waals surface area contributed by atoms with Crippen LogP contribution in [-0.2, 0) is 4.79 Å². The van der Waals surface area contributed by atoms with Crippen molar-refractivity contribution in [3.8, 4) is 5.75 Å². The van der Waals surface area contributed by atoms with E-state index in [4.69, 9.17) is 4.74 Å². The number of hydrogen-bond donors (Lipinski definition) is 1. The van der Waals surface area contributed by atoms with E-state index < -0.39 is 0 Å². The van der Waals surface area contributed by atoms with Gasteiger partial charge in [0.25, 0.3) is 0 Å². The van der Waals surface area contributed by atoms with Crippen molar-refractivity contribution in [3.63, 3.8) is 0 Å². The standard InChI is InChI=1S/C15H23FN2O2/c1-12(2)17-9-8-15(19)18(3)10-11-20-14-7-5-4-6-13(14)16/h4-7,12,17H,8-11H2,1-3H3. The number of nitrogens with one attached hydrogen (secondary N) is 1. The fourth-order valence-corrected chi connectivity index (χ4v) is 1.64. The topological polar surface area (TPSA) is 41.6 Å². The highest BCUT2D eigenvalue weighted by atomic mass is 19.1. The molecule has 5 heteroatoms. The van der Waals surface area contributed by atoms with Crippen LogP contribution in [-0.4, -0.2) is 43.6 Å². The lowest BCUT2D eigenvalue weighted by Gasteiger charge is -2.18. The summed E-state index contributed by atoms with van der Waals surface area (Å²) in [5.74, 6) is -0.118. The third-order valence-electron chi connectivity index (χ3n) is 2.84. The van der Waals surface area contributed by atoms with Gasteiger partial charge in [-0.05, 0) is 12.1 Å². The number of benzene rings is 1. The molecule has 0 spiro atoms. The molecule has 0 unspecified atom stereocenters. The molecule has 0 saturated heterocycles. The zero-order chi connectivity index (χ0) is 15.0. The summed E-state index contributed by atoms with van der Waals surface area (Å²) in [5, 5.41) is 3.19. The summed E-state index contributed by atoms with van der Waals surface area (Å²) in [6.07, 6.45) is 0.453. The SMILES string of the molecule is CC(C)NCCC(=O)N(C)CCOc1ccccc1F. The molecule has 0 aromatic heterocycles. The van der Waals surface area contributed by atoms with Crippen molar-refractivity contribution in [3.05, 3.63) is 30.1 Å². The Labute approximate surface area is 119 Å². The summed E-state index contributed by atoms with van der Waals surface area (Å²) in [7, 11) is 1.72. The Kier molecular flexibility index (Phi) is 7.01. The molecule has 112 valence electrons. The molecule has 0 aliphatic carbocycles. The number of para-hydroxylation sites is 1. The Bertz CT molecular complexity index is 424. The predicted octanol–water partition coefficient (Wildman–Crippen LogP) is 2.05. The minimum atomic E-state index is -0.386. The van der Waals surface area contributed by atoms with Crippen LogP contribution in [0.25, 0.3) is 0 Å². The molecule has 1 rings (SSSR count). The van der Waals surface area contributed by atoms with Crippen LogP contribution in [0.5, 0.6) is 5.75 Å². The molecule has 1 aromatic rings. The third kappa shape index (κ3) is 6.02. The molecule has 4 nitrogen and oxygen atoms in total. The van der Waals surface area contributed by atoms with Crippen molar-refractivity contribution in [1.82, 2.24) is 10.2 Å². The number of ether oxygens (including phenoxy) is 1. The Balaban J connectivity index is 2.24. The Morgan fingerprint density at radius 1 is 1.40 bits per heavy atom. The highest BCUT2D eigenvalue weighted by Crippen LogP contribution is 2.14. The van der Waals surface area contributed by atoms with Crippen molar-refractivity contribution < 1.29 is 13.9 Å². The molecule has 0 bridgehead atoms. The van der Waals surface area contributed by atoms with Crippen molar-refractivity contribution >= 4 is 5.91 Å². The van der Waals surface area contributed by atoms with Crippen LogP contribution >= 0.6 is 0 Å². The normalized spacial score (nSPS) is 10.7. The van der Waals surface area contributed by atoms with E-state index in [1.165, 1.54) is 6.07 Å². The Morgan fingerprint density at radius 3 is 2.75 bits per heavy atom. The van der Waals surface area contributed by atoms with E-state index in [9.17, 15) is 9.18 Å². The molecular weight excluding hydrogens is 259 g/mol. The van der Waals surface area contributed by atoms with E-state index in [0.717, 1.165) is 0 Å². The molecule has 0 radical (unpaired) electrons. The molecule has 1 N–H and O–H groups in total. The van der Waals surface area contributed by atoms with Crippen LogP contribution in [0.3, 0.4) is 0 Å².